The van der Waals surface area contributed by atoms with Crippen molar-refractivity contribution in [1.82, 2.24) is 5.32 Å². The topological polar surface area (TPSA) is 55.4 Å². The number of rotatable bonds is 1. The lowest BCUT2D eigenvalue weighted by molar-refractivity contribution is -0.134. The van der Waals surface area contributed by atoms with Crippen molar-refractivity contribution in [3.8, 4) is 0 Å². The van der Waals surface area contributed by atoms with E-state index < -0.39 is 5.97 Å². The first-order valence-corrected chi connectivity index (χ1v) is 4.28. The Bertz CT molecular complexity index is 249. The first kappa shape index (κ1) is 9.12. The fraction of sp³-hybridized carbons (Fsp3) is 0.429. The van der Waals surface area contributed by atoms with Crippen LogP contribution < -0.4 is 5.32 Å². The molecule has 0 aromatic carbocycles. The SMILES string of the molecule is COC(=O)/C=C1/NC(=O)[C@H](C)S1. The van der Waals surface area contributed by atoms with E-state index in [0.29, 0.717) is 5.03 Å². The highest BCUT2D eigenvalue weighted by Gasteiger charge is 2.24. The van der Waals surface area contributed by atoms with Crippen molar-refractivity contribution in [2.75, 3.05) is 7.11 Å². The summed E-state index contributed by atoms with van der Waals surface area (Å²) in [7, 11) is 1.30. The van der Waals surface area contributed by atoms with Crippen LogP contribution in [0.25, 0.3) is 0 Å². The van der Waals surface area contributed by atoms with E-state index in [2.05, 4.69) is 10.1 Å². The van der Waals surface area contributed by atoms with Gasteiger partial charge in [-0.3, -0.25) is 4.79 Å². The lowest BCUT2D eigenvalue weighted by atomic mass is 10.4. The van der Waals surface area contributed by atoms with E-state index in [1.807, 2.05) is 0 Å². The average molecular weight is 187 g/mol. The number of ether oxygens (including phenoxy) is 1. The third-order valence-electron chi connectivity index (χ3n) is 1.37. The van der Waals surface area contributed by atoms with E-state index in [-0.39, 0.29) is 11.2 Å². The molecule has 0 unspecified atom stereocenters. The molecule has 0 saturated carbocycles. The Hall–Kier alpha value is -0.970. The second kappa shape index (κ2) is 3.62. The maximum Gasteiger partial charge on any atom is 0.333 e. The normalized spacial score (nSPS) is 25.7. The van der Waals surface area contributed by atoms with E-state index in [4.69, 9.17) is 0 Å². The molecule has 1 saturated heterocycles. The number of nitrogens with one attached hydrogen (secondary N) is 1. The number of amides is 1. The van der Waals surface area contributed by atoms with Crippen LogP contribution in [-0.2, 0) is 14.3 Å². The van der Waals surface area contributed by atoms with Crippen molar-refractivity contribution in [2.45, 2.75) is 12.2 Å². The standard InChI is InChI=1S/C7H9NO3S/c1-4-7(10)8-5(12-4)3-6(9)11-2/h3-4H,1-2H3,(H,8,10)/b5-3-/t4-/m0/s1. The molecule has 0 bridgehead atoms. The van der Waals surface area contributed by atoms with Crippen LogP contribution in [-0.4, -0.2) is 24.2 Å². The van der Waals surface area contributed by atoms with Crippen LogP contribution in [0.1, 0.15) is 6.92 Å². The van der Waals surface area contributed by atoms with Crippen LogP contribution in [0.3, 0.4) is 0 Å². The summed E-state index contributed by atoms with van der Waals surface area (Å²) in [4.78, 5) is 21.6. The minimum absolute atomic E-state index is 0.0739. The van der Waals surface area contributed by atoms with Gasteiger partial charge >= 0.3 is 5.97 Å². The Morgan fingerprint density at radius 2 is 2.42 bits per heavy atom. The van der Waals surface area contributed by atoms with Gasteiger partial charge in [0.05, 0.1) is 23.5 Å². The van der Waals surface area contributed by atoms with Gasteiger partial charge in [0, 0.05) is 0 Å². The van der Waals surface area contributed by atoms with Gasteiger partial charge < -0.3 is 10.1 Å². The molecule has 5 heteroatoms. The van der Waals surface area contributed by atoms with Gasteiger partial charge in [0.15, 0.2) is 0 Å². The smallest absolute Gasteiger partial charge is 0.333 e. The molecule has 12 heavy (non-hydrogen) atoms. The van der Waals surface area contributed by atoms with Crippen molar-refractivity contribution in [3.05, 3.63) is 11.1 Å². The molecule has 0 aromatic rings. The van der Waals surface area contributed by atoms with Gasteiger partial charge in [0.25, 0.3) is 0 Å². The largest absolute Gasteiger partial charge is 0.466 e. The zero-order chi connectivity index (χ0) is 9.14. The predicted octanol–water partition coefficient (Wildman–Crippen LogP) is 0.252. The average Bonchev–Trinajstić information content (AvgIpc) is 2.31. The summed E-state index contributed by atoms with van der Waals surface area (Å²) < 4.78 is 4.40. The van der Waals surface area contributed by atoms with Gasteiger partial charge in [-0.1, -0.05) is 11.8 Å². The van der Waals surface area contributed by atoms with Crippen LogP contribution in [0.2, 0.25) is 0 Å². The number of hydrogen-bond acceptors (Lipinski definition) is 4. The maximum absolute atomic E-state index is 10.9. The van der Waals surface area contributed by atoms with E-state index >= 15 is 0 Å². The molecule has 0 radical (unpaired) electrons. The molecule has 0 aliphatic carbocycles. The second-order valence-electron chi connectivity index (χ2n) is 2.28. The third kappa shape index (κ3) is 2.01. The summed E-state index contributed by atoms with van der Waals surface area (Å²) in [6.07, 6.45) is 1.27. The molecule has 1 fully saturated rings. The molecule has 0 spiro atoms. The summed E-state index contributed by atoms with van der Waals surface area (Å²) in [5.41, 5.74) is 0. The van der Waals surface area contributed by atoms with Gasteiger partial charge in [-0.05, 0) is 6.92 Å². The number of carbonyl (C=O) groups excluding carboxylic acids is 2. The molecule has 1 amide bonds. The number of hydrogen-bond donors (Lipinski definition) is 1. The van der Waals surface area contributed by atoms with Gasteiger partial charge in [-0.2, -0.15) is 0 Å². The zero-order valence-electron chi connectivity index (χ0n) is 6.79. The van der Waals surface area contributed by atoms with Crippen molar-refractivity contribution in [1.29, 1.82) is 0 Å². The molecule has 1 rings (SSSR count). The summed E-state index contributed by atoms with van der Waals surface area (Å²) in [5, 5.41) is 2.98. The van der Waals surface area contributed by atoms with Gasteiger partial charge in [0.2, 0.25) is 5.91 Å². The molecular formula is C7H9NO3S. The molecule has 1 heterocycles. The Labute approximate surface area is 74.3 Å². The molecule has 1 aliphatic rings. The number of thioether (sulfide) groups is 1. The van der Waals surface area contributed by atoms with E-state index in [1.165, 1.54) is 24.9 Å². The van der Waals surface area contributed by atoms with Crippen molar-refractivity contribution in [3.63, 3.8) is 0 Å². The number of esters is 1. The second-order valence-corrected chi connectivity index (χ2v) is 3.66. The molecule has 1 aliphatic heterocycles. The minimum atomic E-state index is -0.452. The van der Waals surface area contributed by atoms with E-state index in [0.717, 1.165) is 0 Å². The Morgan fingerprint density at radius 1 is 1.75 bits per heavy atom. The molecule has 1 atom stereocenters. The molecule has 66 valence electrons. The Balaban J connectivity index is 2.62. The highest BCUT2D eigenvalue weighted by atomic mass is 32.2. The maximum atomic E-state index is 10.9. The van der Waals surface area contributed by atoms with Gasteiger partial charge in [-0.15, -0.1) is 0 Å². The van der Waals surface area contributed by atoms with Crippen LogP contribution in [0.5, 0.6) is 0 Å². The summed E-state index contributed by atoms with van der Waals surface area (Å²) in [5.74, 6) is -0.526. The fourth-order valence-corrected chi connectivity index (χ4v) is 1.60. The summed E-state index contributed by atoms with van der Waals surface area (Å²) in [6, 6.07) is 0. The lowest BCUT2D eigenvalue weighted by Crippen LogP contribution is -2.19. The van der Waals surface area contributed by atoms with Crippen molar-refractivity contribution >= 4 is 23.6 Å². The fourth-order valence-electron chi connectivity index (χ4n) is 0.733. The van der Waals surface area contributed by atoms with E-state index in [1.54, 1.807) is 6.92 Å². The predicted molar refractivity (Wildman–Crippen MR) is 45.3 cm³/mol. The van der Waals surface area contributed by atoms with Gasteiger partial charge in [0.1, 0.15) is 0 Å². The highest BCUT2D eigenvalue weighted by molar-refractivity contribution is 8.04. The summed E-state index contributed by atoms with van der Waals surface area (Å²) in [6.45, 7) is 1.78. The Morgan fingerprint density at radius 3 is 2.83 bits per heavy atom. The molecule has 0 aromatic heterocycles. The van der Waals surface area contributed by atoms with Crippen molar-refractivity contribution in [2.24, 2.45) is 0 Å². The minimum Gasteiger partial charge on any atom is -0.466 e. The number of methoxy groups -OCH3 is 1. The van der Waals surface area contributed by atoms with Crippen LogP contribution in [0, 0.1) is 0 Å². The zero-order valence-corrected chi connectivity index (χ0v) is 7.60. The van der Waals surface area contributed by atoms with Crippen LogP contribution in [0.4, 0.5) is 0 Å². The molecular weight excluding hydrogens is 178 g/mol. The van der Waals surface area contributed by atoms with E-state index in [9.17, 15) is 9.59 Å². The monoisotopic (exact) mass is 187 g/mol. The van der Waals surface area contributed by atoms with Gasteiger partial charge in [-0.25, -0.2) is 4.79 Å². The van der Waals surface area contributed by atoms with Crippen molar-refractivity contribution < 1.29 is 14.3 Å². The first-order valence-electron chi connectivity index (χ1n) is 3.40. The Kier molecular flexibility index (Phi) is 2.75. The van der Waals surface area contributed by atoms with Crippen LogP contribution >= 0.6 is 11.8 Å². The first-order chi connectivity index (χ1) is 5.63. The highest BCUT2D eigenvalue weighted by Crippen LogP contribution is 2.25. The third-order valence-corrected chi connectivity index (χ3v) is 2.41. The summed E-state index contributed by atoms with van der Waals surface area (Å²) >= 11 is 1.32. The van der Waals surface area contributed by atoms with Crippen LogP contribution in [0.15, 0.2) is 11.1 Å². The lowest BCUT2D eigenvalue weighted by Gasteiger charge is -1.93. The number of carbonyl (C=O) groups is 2. The molecule has 1 N–H and O–H groups in total. The molecule has 4 nitrogen and oxygen atoms in total. The quantitative estimate of drug-likeness (QED) is 0.472.